The van der Waals surface area contributed by atoms with Gasteiger partial charge in [0.15, 0.2) is 0 Å². The van der Waals surface area contributed by atoms with Gasteiger partial charge in [-0.05, 0) is 35.9 Å². The summed E-state index contributed by atoms with van der Waals surface area (Å²) in [5.41, 5.74) is 5.31. The zero-order valence-corrected chi connectivity index (χ0v) is 16.7. The van der Waals surface area contributed by atoms with Crippen molar-refractivity contribution in [2.45, 2.75) is 5.92 Å². The second-order valence-corrected chi connectivity index (χ2v) is 7.77. The summed E-state index contributed by atoms with van der Waals surface area (Å²) in [6.07, 6.45) is 0. The van der Waals surface area contributed by atoms with Crippen molar-refractivity contribution in [2.75, 3.05) is 0 Å². The molecule has 1 atom stereocenters. The monoisotopic (exact) mass is 401 g/mol. The van der Waals surface area contributed by atoms with E-state index in [0.29, 0.717) is 11.5 Å². The second-order valence-electron chi connectivity index (χ2n) is 7.77. The van der Waals surface area contributed by atoms with Crippen LogP contribution in [-0.2, 0) is 0 Å². The smallest absolute Gasteiger partial charge is 0.201 e. The van der Waals surface area contributed by atoms with Gasteiger partial charge < -0.3 is 14.7 Å². The predicted molar refractivity (Wildman–Crippen MR) is 125 cm³/mol. The van der Waals surface area contributed by atoms with E-state index in [9.17, 15) is 0 Å². The van der Waals surface area contributed by atoms with E-state index in [1.807, 2.05) is 48.5 Å². The molecule has 1 aromatic heterocycles. The Kier molecular flexibility index (Phi) is 3.80. The van der Waals surface area contributed by atoms with Gasteiger partial charge in [-0.2, -0.15) is 0 Å². The fraction of sp³-hybridized carbons (Fsp3) is 0.0370. The van der Waals surface area contributed by atoms with Gasteiger partial charge in [-0.1, -0.05) is 66.7 Å². The summed E-state index contributed by atoms with van der Waals surface area (Å²) >= 11 is 0. The van der Waals surface area contributed by atoms with Crippen LogP contribution in [0.4, 0.5) is 0 Å². The molecule has 2 heterocycles. The van der Waals surface area contributed by atoms with Crippen molar-refractivity contribution in [2.24, 2.45) is 0 Å². The molecule has 2 N–H and O–H groups in total. The molecule has 0 amide bonds. The molecule has 0 aliphatic carbocycles. The number of hydrogen-bond donors (Lipinski definition) is 2. The molecular formula is C27H19N3O. The lowest BCUT2D eigenvalue weighted by molar-refractivity contribution is 0.558. The maximum atomic E-state index is 8.94. The molecule has 0 bridgehead atoms. The van der Waals surface area contributed by atoms with Gasteiger partial charge in [-0.15, -0.1) is 0 Å². The van der Waals surface area contributed by atoms with E-state index < -0.39 is 5.92 Å². The first-order valence-electron chi connectivity index (χ1n) is 10.2. The summed E-state index contributed by atoms with van der Waals surface area (Å²) in [6.45, 7) is 0. The number of fused-ring (bicyclic) bond motifs is 4. The lowest BCUT2D eigenvalue weighted by Gasteiger charge is -2.13. The fourth-order valence-electron chi connectivity index (χ4n) is 4.58. The highest BCUT2D eigenvalue weighted by Gasteiger charge is 2.34. The highest BCUT2D eigenvalue weighted by Crippen LogP contribution is 2.38. The lowest BCUT2D eigenvalue weighted by atomic mass is 9.90. The van der Waals surface area contributed by atoms with E-state index in [1.54, 1.807) is 0 Å². The quantitative estimate of drug-likeness (QED) is 0.342. The summed E-state index contributed by atoms with van der Waals surface area (Å²) in [4.78, 5) is 0. The van der Waals surface area contributed by atoms with Gasteiger partial charge in [0, 0.05) is 22.0 Å². The van der Waals surface area contributed by atoms with Crippen LogP contribution in [-0.4, -0.2) is 16.2 Å². The van der Waals surface area contributed by atoms with Crippen LogP contribution < -0.4 is 4.74 Å². The molecule has 4 nitrogen and oxygen atoms in total. The van der Waals surface area contributed by atoms with Crippen molar-refractivity contribution < 1.29 is 4.74 Å². The number of hydrogen-bond acceptors (Lipinski definition) is 3. The Bertz CT molecular complexity index is 1500. The Labute approximate surface area is 179 Å². The van der Waals surface area contributed by atoms with E-state index in [1.165, 1.54) is 5.39 Å². The Balaban J connectivity index is 1.56. The Morgan fingerprint density at radius 2 is 1.45 bits per heavy atom. The maximum absolute atomic E-state index is 8.94. The largest absolute Gasteiger partial charge is 0.442 e. The summed E-state index contributed by atoms with van der Waals surface area (Å²) in [6, 6.07) is 32.4. The fourth-order valence-corrected chi connectivity index (χ4v) is 4.58. The Morgan fingerprint density at radius 1 is 0.742 bits per heavy atom. The topological polar surface area (TPSA) is 61.9 Å². The minimum Gasteiger partial charge on any atom is -0.442 e. The maximum Gasteiger partial charge on any atom is 0.201 e. The van der Waals surface area contributed by atoms with Gasteiger partial charge in [-0.3, -0.25) is 5.41 Å². The summed E-state index contributed by atoms with van der Waals surface area (Å²) in [5.74, 6) is 0.292. The number of ether oxygens (including phenoxy) is 1. The van der Waals surface area contributed by atoms with E-state index in [-0.39, 0.29) is 5.90 Å². The molecule has 1 aliphatic heterocycles. The molecule has 0 radical (unpaired) electrons. The van der Waals surface area contributed by atoms with Crippen LogP contribution in [0.15, 0.2) is 97.1 Å². The van der Waals surface area contributed by atoms with Crippen molar-refractivity contribution in [3.05, 3.63) is 108 Å². The summed E-state index contributed by atoms with van der Waals surface area (Å²) in [5, 5.41) is 19.6. The van der Waals surface area contributed by atoms with Gasteiger partial charge >= 0.3 is 0 Å². The SMILES string of the molecule is N=C1Oc2ccccc2C1C(=N)c1ccc2c3ccccc3n(-c3ccccc3)c2c1. The van der Waals surface area contributed by atoms with Crippen molar-refractivity contribution in [1.29, 1.82) is 10.8 Å². The van der Waals surface area contributed by atoms with Gasteiger partial charge in [0.05, 0.1) is 16.7 Å². The molecule has 1 unspecified atom stereocenters. The molecule has 4 heteroatoms. The number of aromatic nitrogens is 1. The van der Waals surface area contributed by atoms with Crippen molar-refractivity contribution in [3.63, 3.8) is 0 Å². The van der Waals surface area contributed by atoms with Gasteiger partial charge in [0.25, 0.3) is 0 Å². The third-order valence-electron chi connectivity index (χ3n) is 6.00. The molecule has 6 rings (SSSR count). The van der Waals surface area contributed by atoms with Crippen LogP contribution in [0, 0.1) is 10.8 Å². The van der Waals surface area contributed by atoms with Crippen LogP contribution in [0.3, 0.4) is 0 Å². The zero-order valence-electron chi connectivity index (χ0n) is 16.7. The van der Waals surface area contributed by atoms with Crippen LogP contribution in [0.1, 0.15) is 17.0 Å². The van der Waals surface area contributed by atoms with E-state index in [2.05, 4.69) is 53.1 Å². The first kappa shape index (κ1) is 17.7. The van der Waals surface area contributed by atoms with Crippen LogP contribution in [0.5, 0.6) is 5.75 Å². The second kappa shape index (κ2) is 6.67. The zero-order chi connectivity index (χ0) is 20.9. The first-order chi connectivity index (χ1) is 15.2. The minimum atomic E-state index is -0.483. The number of rotatable bonds is 3. The Morgan fingerprint density at radius 3 is 2.32 bits per heavy atom. The Hall–Kier alpha value is -4.18. The van der Waals surface area contributed by atoms with Gasteiger partial charge in [0.1, 0.15) is 11.7 Å². The average Bonchev–Trinajstić information content (AvgIpc) is 3.32. The first-order valence-corrected chi connectivity index (χ1v) is 10.2. The highest BCUT2D eigenvalue weighted by molar-refractivity contribution is 6.19. The molecular weight excluding hydrogens is 382 g/mol. The van der Waals surface area contributed by atoms with E-state index >= 15 is 0 Å². The number of benzene rings is 4. The highest BCUT2D eigenvalue weighted by atomic mass is 16.5. The van der Waals surface area contributed by atoms with Crippen LogP contribution in [0.2, 0.25) is 0 Å². The third-order valence-corrected chi connectivity index (χ3v) is 6.00. The average molecular weight is 401 g/mol. The molecule has 5 aromatic rings. The number of para-hydroxylation sites is 3. The van der Waals surface area contributed by atoms with E-state index in [4.69, 9.17) is 15.6 Å². The normalized spacial score (nSPS) is 15.2. The van der Waals surface area contributed by atoms with E-state index in [0.717, 1.165) is 33.2 Å². The van der Waals surface area contributed by atoms with Crippen LogP contribution in [0.25, 0.3) is 27.5 Å². The molecule has 4 aromatic carbocycles. The van der Waals surface area contributed by atoms with Gasteiger partial charge in [0.2, 0.25) is 5.90 Å². The summed E-state index contributed by atoms with van der Waals surface area (Å²) < 4.78 is 7.87. The van der Waals surface area contributed by atoms with Crippen molar-refractivity contribution >= 4 is 33.4 Å². The standard InChI is InChI=1S/C27H19N3O/c28-26(25-21-11-5-7-13-24(21)31-27(25)29)17-14-15-20-19-10-4-6-12-22(19)30(23(20)16-17)18-8-2-1-3-9-18/h1-16,25,28-29H. The number of nitrogens with zero attached hydrogens (tertiary/aromatic N) is 1. The lowest BCUT2D eigenvalue weighted by Crippen LogP contribution is -2.19. The molecule has 0 fully saturated rings. The molecule has 0 spiro atoms. The van der Waals surface area contributed by atoms with Crippen LogP contribution >= 0.6 is 0 Å². The van der Waals surface area contributed by atoms with Gasteiger partial charge in [-0.25, -0.2) is 0 Å². The molecule has 1 aliphatic rings. The molecule has 0 saturated carbocycles. The molecule has 148 valence electrons. The minimum absolute atomic E-state index is 0.106. The van der Waals surface area contributed by atoms with Crippen molar-refractivity contribution in [3.8, 4) is 11.4 Å². The predicted octanol–water partition coefficient (Wildman–Crippen LogP) is 6.31. The third kappa shape index (κ3) is 2.62. The molecule has 0 saturated heterocycles. The number of nitrogens with one attached hydrogen (secondary N) is 2. The molecule has 31 heavy (non-hydrogen) atoms. The summed E-state index contributed by atoms with van der Waals surface area (Å²) in [7, 11) is 0. The van der Waals surface area contributed by atoms with Crippen molar-refractivity contribution in [1.82, 2.24) is 4.57 Å².